The number of amides is 2. The van der Waals surface area contributed by atoms with Gasteiger partial charge in [-0.05, 0) is 31.2 Å². The summed E-state index contributed by atoms with van der Waals surface area (Å²) in [5.41, 5.74) is 9.76. The van der Waals surface area contributed by atoms with Crippen LogP contribution in [0.1, 0.15) is 26.3 Å². The molecule has 1 heterocycles. The molecule has 6 heteroatoms. The van der Waals surface area contributed by atoms with E-state index in [2.05, 4.69) is 10.5 Å². The van der Waals surface area contributed by atoms with Gasteiger partial charge in [0.2, 0.25) is 5.55 Å². The lowest BCUT2D eigenvalue weighted by atomic mass is 10.1. The van der Waals surface area contributed by atoms with Crippen molar-refractivity contribution in [2.75, 3.05) is 0 Å². The molecule has 3 aromatic rings. The van der Waals surface area contributed by atoms with E-state index in [1.807, 2.05) is 19.1 Å². The quantitative estimate of drug-likeness (QED) is 0.723. The van der Waals surface area contributed by atoms with Crippen LogP contribution in [0, 0.1) is 6.92 Å². The average molecular weight is 321 g/mol. The third-order valence-electron chi connectivity index (χ3n) is 3.46. The van der Waals surface area contributed by atoms with E-state index in [1.165, 1.54) is 0 Å². The maximum Gasteiger partial charge on any atom is 0.271 e. The number of hydrogen-bond donors (Lipinski definition) is 2. The zero-order valence-corrected chi connectivity index (χ0v) is 12.9. The molecule has 0 atom stereocenters. The van der Waals surface area contributed by atoms with Crippen molar-refractivity contribution in [2.24, 2.45) is 10.8 Å². The van der Waals surface area contributed by atoms with Crippen molar-refractivity contribution in [1.82, 2.24) is 5.43 Å². The average Bonchev–Trinajstić information content (AvgIpc) is 2.58. The van der Waals surface area contributed by atoms with Crippen LogP contribution in [-0.4, -0.2) is 11.8 Å². The largest absolute Gasteiger partial charge is 0.436 e. The second kappa shape index (κ2) is 6.37. The molecule has 1 aromatic heterocycles. The summed E-state index contributed by atoms with van der Waals surface area (Å²) in [6.07, 6.45) is 0. The number of aryl methyl sites for hydroxylation is 1. The van der Waals surface area contributed by atoms with Gasteiger partial charge in [0.25, 0.3) is 11.8 Å². The molecule has 0 radical (unpaired) electrons. The van der Waals surface area contributed by atoms with Gasteiger partial charge in [-0.3, -0.25) is 9.59 Å². The lowest BCUT2D eigenvalue weighted by Gasteiger charge is -2.03. The predicted octanol–water partition coefficient (Wildman–Crippen LogP) is 2.09. The maximum absolute atomic E-state index is 12.2. The third-order valence-corrected chi connectivity index (χ3v) is 3.46. The van der Waals surface area contributed by atoms with Gasteiger partial charge in [-0.1, -0.05) is 35.9 Å². The van der Waals surface area contributed by atoms with Gasteiger partial charge in [-0.25, -0.2) is 5.43 Å². The molecule has 120 valence electrons. The molecule has 24 heavy (non-hydrogen) atoms. The van der Waals surface area contributed by atoms with Gasteiger partial charge >= 0.3 is 0 Å². The molecule has 0 bridgehead atoms. The Labute approximate surface area is 137 Å². The van der Waals surface area contributed by atoms with Crippen molar-refractivity contribution >= 4 is 22.8 Å². The Kier molecular flexibility index (Phi) is 4.11. The van der Waals surface area contributed by atoms with Gasteiger partial charge in [0, 0.05) is 10.9 Å². The molecular formula is C18H15N3O3. The minimum Gasteiger partial charge on any atom is -0.436 e. The lowest BCUT2D eigenvalue weighted by molar-refractivity contribution is 0.0946. The van der Waals surface area contributed by atoms with Crippen LogP contribution in [0.15, 0.2) is 64.1 Å². The highest BCUT2D eigenvalue weighted by molar-refractivity contribution is 5.96. The Morgan fingerprint density at radius 3 is 2.62 bits per heavy atom. The molecule has 0 aliphatic carbocycles. The fourth-order valence-corrected chi connectivity index (χ4v) is 2.28. The van der Waals surface area contributed by atoms with E-state index in [0.29, 0.717) is 11.1 Å². The van der Waals surface area contributed by atoms with Gasteiger partial charge in [0.05, 0.1) is 0 Å². The Hall–Kier alpha value is -3.41. The van der Waals surface area contributed by atoms with Crippen molar-refractivity contribution in [2.45, 2.75) is 6.92 Å². The van der Waals surface area contributed by atoms with Crippen LogP contribution in [0.5, 0.6) is 0 Å². The van der Waals surface area contributed by atoms with Crippen molar-refractivity contribution in [1.29, 1.82) is 0 Å². The Bertz CT molecular complexity index is 1010. The van der Waals surface area contributed by atoms with E-state index >= 15 is 0 Å². The molecule has 3 N–H and O–H groups in total. The summed E-state index contributed by atoms with van der Waals surface area (Å²) in [4.78, 5) is 23.8. The van der Waals surface area contributed by atoms with Crippen LogP contribution in [-0.2, 0) is 0 Å². The molecule has 3 rings (SSSR count). The number of carbonyl (C=O) groups excluding carboxylic acids is 2. The first kappa shape index (κ1) is 15.5. The molecule has 6 nitrogen and oxygen atoms in total. The molecule has 2 aromatic carbocycles. The van der Waals surface area contributed by atoms with E-state index in [-0.39, 0.29) is 11.1 Å². The van der Waals surface area contributed by atoms with Gasteiger partial charge in [0.1, 0.15) is 11.1 Å². The highest BCUT2D eigenvalue weighted by Gasteiger charge is 2.10. The summed E-state index contributed by atoms with van der Waals surface area (Å²) in [5.74, 6) is -1.09. The standard InChI is InChI=1S/C18H15N3O3/c1-11-5-4-7-13(9-11)17(23)20-21-18-14(16(19)22)10-12-6-2-3-8-15(12)24-18/h2-10H,1H3,(H2,19,22)(H,20,23). The smallest absolute Gasteiger partial charge is 0.271 e. The molecule has 0 aliphatic rings. The van der Waals surface area contributed by atoms with Crippen molar-refractivity contribution in [3.05, 3.63) is 76.8 Å². The second-order valence-electron chi connectivity index (χ2n) is 5.29. The number of primary amides is 1. The van der Waals surface area contributed by atoms with Crippen LogP contribution < -0.4 is 16.7 Å². The highest BCUT2D eigenvalue weighted by Crippen LogP contribution is 2.12. The van der Waals surface area contributed by atoms with Gasteiger partial charge in [-0.2, -0.15) is 0 Å². The summed E-state index contributed by atoms with van der Waals surface area (Å²) in [5, 5.41) is 4.63. The van der Waals surface area contributed by atoms with Gasteiger partial charge < -0.3 is 10.2 Å². The molecule has 0 aliphatic heterocycles. The lowest BCUT2D eigenvalue weighted by Crippen LogP contribution is -2.27. The molecule has 0 fully saturated rings. The fourth-order valence-electron chi connectivity index (χ4n) is 2.28. The minimum atomic E-state index is -0.687. The molecule has 0 unspecified atom stereocenters. The third kappa shape index (κ3) is 3.17. The number of para-hydroxylation sites is 1. The molecule has 2 amide bonds. The molecule has 0 saturated heterocycles. The summed E-state index contributed by atoms with van der Waals surface area (Å²) in [6, 6.07) is 15.8. The number of nitrogens with one attached hydrogen (secondary N) is 1. The number of hydrogen-bond acceptors (Lipinski definition) is 4. The summed E-state index contributed by atoms with van der Waals surface area (Å²) >= 11 is 0. The summed E-state index contributed by atoms with van der Waals surface area (Å²) in [6.45, 7) is 1.89. The van der Waals surface area contributed by atoms with Crippen molar-refractivity contribution in [3.63, 3.8) is 0 Å². The molecular weight excluding hydrogens is 306 g/mol. The van der Waals surface area contributed by atoms with Crippen LogP contribution in [0.4, 0.5) is 0 Å². The van der Waals surface area contributed by atoms with Crippen LogP contribution in [0.3, 0.4) is 0 Å². The van der Waals surface area contributed by atoms with E-state index < -0.39 is 11.8 Å². The van der Waals surface area contributed by atoms with E-state index in [9.17, 15) is 9.59 Å². The Balaban J connectivity index is 2.01. The van der Waals surface area contributed by atoms with Gasteiger partial charge in [0.15, 0.2) is 0 Å². The van der Waals surface area contributed by atoms with Crippen molar-refractivity contribution in [3.8, 4) is 0 Å². The number of benzene rings is 2. The number of nitrogens with zero attached hydrogens (tertiary/aromatic N) is 1. The first-order valence-electron chi connectivity index (χ1n) is 7.28. The van der Waals surface area contributed by atoms with E-state index in [1.54, 1.807) is 42.5 Å². The predicted molar refractivity (Wildman–Crippen MR) is 88.9 cm³/mol. The number of fused-ring (bicyclic) bond motifs is 1. The van der Waals surface area contributed by atoms with Crippen molar-refractivity contribution < 1.29 is 14.0 Å². The minimum absolute atomic E-state index is 0.0396. The SMILES string of the molecule is Cc1cccc(C(=O)NN=c2oc3ccccc3cc2C(N)=O)c1. The normalized spacial score (nSPS) is 11.5. The van der Waals surface area contributed by atoms with Crippen LogP contribution in [0.2, 0.25) is 0 Å². The number of rotatable bonds is 3. The number of carbonyl (C=O) groups is 2. The van der Waals surface area contributed by atoms with Gasteiger partial charge in [-0.15, -0.1) is 5.10 Å². The molecule has 0 saturated carbocycles. The topological polar surface area (TPSA) is 97.7 Å². The molecule has 0 spiro atoms. The number of nitrogens with two attached hydrogens (primary N) is 1. The van der Waals surface area contributed by atoms with E-state index in [0.717, 1.165) is 10.9 Å². The first-order chi connectivity index (χ1) is 11.5. The fraction of sp³-hybridized carbons (Fsp3) is 0.0556. The zero-order chi connectivity index (χ0) is 17.1. The monoisotopic (exact) mass is 321 g/mol. The Morgan fingerprint density at radius 1 is 1.08 bits per heavy atom. The summed E-state index contributed by atoms with van der Waals surface area (Å²) in [7, 11) is 0. The van der Waals surface area contributed by atoms with Crippen LogP contribution >= 0.6 is 0 Å². The summed E-state index contributed by atoms with van der Waals surface area (Å²) < 4.78 is 5.58. The Morgan fingerprint density at radius 2 is 1.88 bits per heavy atom. The zero-order valence-electron chi connectivity index (χ0n) is 12.9. The van der Waals surface area contributed by atoms with E-state index in [4.69, 9.17) is 10.2 Å². The highest BCUT2D eigenvalue weighted by atomic mass is 16.3. The van der Waals surface area contributed by atoms with Crippen LogP contribution in [0.25, 0.3) is 11.0 Å². The maximum atomic E-state index is 12.2. The second-order valence-corrected chi connectivity index (χ2v) is 5.29. The first-order valence-corrected chi connectivity index (χ1v) is 7.28.